The largest absolute Gasteiger partial charge is 0.335 e. The molecule has 0 aromatic heterocycles. The molecule has 0 radical (unpaired) electrons. The molecule has 0 aliphatic carbocycles. The van der Waals surface area contributed by atoms with Crippen molar-refractivity contribution < 1.29 is 14.4 Å². The van der Waals surface area contributed by atoms with Crippen molar-refractivity contribution in [2.75, 3.05) is 4.90 Å². The maximum Gasteiger partial charge on any atom is 0.335 e. The van der Waals surface area contributed by atoms with E-state index in [9.17, 15) is 14.4 Å². The first-order valence-corrected chi connectivity index (χ1v) is 8.57. The van der Waals surface area contributed by atoms with E-state index in [0.29, 0.717) is 10.7 Å². The summed E-state index contributed by atoms with van der Waals surface area (Å²) >= 11 is 5.87. The molecule has 1 fully saturated rings. The molecule has 4 amide bonds. The molecule has 1 saturated heterocycles. The summed E-state index contributed by atoms with van der Waals surface area (Å²) in [5.74, 6) is -1.40. The Morgan fingerprint density at radius 2 is 1.56 bits per heavy atom. The van der Waals surface area contributed by atoms with Gasteiger partial charge in [0.05, 0.1) is 5.69 Å². The molecule has 132 valence electrons. The summed E-state index contributed by atoms with van der Waals surface area (Å²) in [6.07, 6.45) is 1.51. The van der Waals surface area contributed by atoms with Crippen LogP contribution in [0, 0.1) is 0 Å². The number of hydrogen-bond donors (Lipinski definition) is 1. The van der Waals surface area contributed by atoms with Gasteiger partial charge in [-0.2, -0.15) is 0 Å². The highest BCUT2D eigenvalue weighted by Gasteiger charge is 2.36. The third-order valence-electron chi connectivity index (χ3n) is 4.31. The summed E-state index contributed by atoms with van der Waals surface area (Å²) in [7, 11) is 0. The minimum Gasteiger partial charge on any atom is -0.273 e. The standard InChI is InChI=1S/C21H13ClN2O3/c22-15-8-10-16(11-9-15)24-20(26)18(19(25)23-21(24)27)12-14-6-3-5-13-4-1-2-7-17(13)14/h1-12H,(H,23,25,27)/b18-12+. The van der Waals surface area contributed by atoms with Crippen LogP contribution in [0.15, 0.2) is 72.3 Å². The number of anilines is 1. The fourth-order valence-corrected chi connectivity index (χ4v) is 3.14. The number of rotatable bonds is 2. The molecule has 6 heteroatoms. The number of carbonyl (C=O) groups is 3. The summed E-state index contributed by atoms with van der Waals surface area (Å²) in [6, 6.07) is 18.7. The molecule has 0 spiro atoms. The maximum absolute atomic E-state index is 12.9. The first-order valence-electron chi connectivity index (χ1n) is 8.19. The normalized spacial score (nSPS) is 16.1. The molecule has 0 atom stereocenters. The lowest BCUT2D eigenvalue weighted by atomic mass is 10.0. The number of fused-ring (bicyclic) bond motifs is 1. The van der Waals surface area contributed by atoms with Crippen LogP contribution >= 0.6 is 11.6 Å². The second kappa shape index (κ2) is 6.70. The van der Waals surface area contributed by atoms with Crippen LogP contribution < -0.4 is 10.2 Å². The molecule has 0 unspecified atom stereocenters. The molecule has 4 rings (SSSR count). The highest BCUT2D eigenvalue weighted by molar-refractivity contribution is 6.39. The molecule has 3 aromatic carbocycles. The molecular weight excluding hydrogens is 364 g/mol. The van der Waals surface area contributed by atoms with Gasteiger partial charge in [-0.3, -0.25) is 14.9 Å². The average Bonchev–Trinajstić information content (AvgIpc) is 2.66. The molecule has 1 aliphatic heterocycles. The fourth-order valence-electron chi connectivity index (χ4n) is 3.01. The van der Waals surface area contributed by atoms with Crippen LogP contribution in [0.3, 0.4) is 0 Å². The highest BCUT2D eigenvalue weighted by atomic mass is 35.5. The van der Waals surface area contributed by atoms with E-state index in [-0.39, 0.29) is 5.57 Å². The number of urea groups is 1. The Hall–Kier alpha value is -3.44. The SMILES string of the molecule is O=C1NC(=O)N(c2ccc(Cl)cc2)C(=O)/C1=C/c1cccc2ccccc12. The van der Waals surface area contributed by atoms with E-state index in [0.717, 1.165) is 21.2 Å². The van der Waals surface area contributed by atoms with Crippen LogP contribution in [0.2, 0.25) is 5.02 Å². The zero-order valence-corrected chi connectivity index (χ0v) is 14.7. The van der Waals surface area contributed by atoms with E-state index in [4.69, 9.17) is 11.6 Å². The van der Waals surface area contributed by atoms with Gasteiger partial charge in [-0.1, -0.05) is 54.1 Å². The molecule has 0 bridgehead atoms. The molecule has 1 aliphatic rings. The van der Waals surface area contributed by atoms with Crippen molar-refractivity contribution >= 4 is 52.0 Å². The number of amides is 4. The lowest BCUT2D eigenvalue weighted by Crippen LogP contribution is -2.54. The lowest BCUT2D eigenvalue weighted by Gasteiger charge is -2.26. The Morgan fingerprint density at radius 1 is 0.852 bits per heavy atom. The van der Waals surface area contributed by atoms with E-state index in [1.807, 2.05) is 42.5 Å². The Morgan fingerprint density at radius 3 is 2.33 bits per heavy atom. The van der Waals surface area contributed by atoms with Crippen LogP contribution in [-0.2, 0) is 9.59 Å². The number of nitrogens with zero attached hydrogens (tertiary/aromatic N) is 1. The van der Waals surface area contributed by atoms with E-state index in [2.05, 4.69) is 5.32 Å². The molecular formula is C21H13ClN2O3. The Balaban J connectivity index is 1.80. The zero-order valence-electron chi connectivity index (χ0n) is 14.0. The summed E-state index contributed by atoms with van der Waals surface area (Å²) in [4.78, 5) is 38.4. The van der Waals surface area contributed by atoms with Crippen molar-refractivity contribution in [3.05, 3.63) is 82.9 Å². The smallest absolute Gasteiger partial charge is 0.273 e. The molecule has 3 aromatic rings. The third kappa shape index (κ3) is 3.09. The number of hydrogen-bond acceptors (Lipinski definition) is 3. The van der Waals surface area contributed by atoms with Gasteiger partial charge in [0.15, 0.2) is 0 Å². The van der Waals surface area contributed by atoms with Gasteiger partial charge >= 0.3 is 6.03 Å². The number of carbonyl (C=O) groups excluding carboxylic acids is 3. The highest BCUT2D eigenvalue weighted by Crippen LogP contribution is 2.25. The van der Waals surface area contributed by atoms with Gasteiger partial charge in [0.2, 0.25) is 0 Å². The molecule has 5 nitrogen and oxygen atoms in total. The lowest BCUT2D eigenvalue weighted by molar-refractivity contribution is -0.122. The van der Waals surface area contributed by atoms with Crippen molar-refractivity contribution in [3.63, 3.8) is 0 Å². The molecule has 1 heterocycles. The summed E-state index contributed by atoms with van der Waals surface area (Å²) in [6.45, 7) is 0. The van der Waals surface area contributed by atoms with Crippen molar-refractivity contribution in [3.8, 4) is 0 Å². The summed E-state index contributed by atoms with van der Waals surface area (Å²) in [5.41, 5.74) is 0.941. The number of imide groups is 2. The average molecular weight is 377 g/mol. The number of halogens is 1. The minimum atomic E-state index is -0.789. The van der Waals surface area contributed by atoms with E-state index < -0.39 is 17.8 Å². The molecule has 27 heavy (non-hydrogen) atoms. The van der Waals surface area contributed by atoms with Crippen molar-refractivity contribution in [1.29, 1.82) is 0 Å². The number of benzene rings is 3. The first kappa shape index (κ1) is 17.0. The number of barbiturate groups is 1. The Kier molecular flexibility index (Phi) is 4.22. The summed E-state index contributed by atoms with van der Waals surface area (Å²) in [5, 5.41) is 4.59. The van der Waals surface area contributed by atoms with Gasteiger partial charge in [-0.25, -0.2) is 9.69 Å². The monoisotopic (exact) mass is 376 g/mol. The van der Waals surface area contributed by atoms with Crippen molar-refractivity contribution in [1.82, 2.24) is 5.32 Å². The van der Waals surface area contributed by atoms with Gasteiger partial charge < -0.3 is 0 Å². The molecule has 1 N–H and O–H groups in total. The van der Waals surface area contributed by atoms with Crippen LogP contribution in [0.1, 0.15) is 5.56 Å². The second-order valence-electron chi connectivity index (χ2n) is 6.00. The third-order valence-corrected chi connectivity index (χ3v) is 4.56. The van der Waals surface area contributed by atoms with Crippen LogP contribution in [0.25, 0.3) is 16.8 Å². The van der Waals surface area contributed by atoms with E-state index >= 15 is 0 Å². The topological polar surface area (TPSA) is 66.5 Å². The van der Waals surface area contributed by atoms with Gasteiger partial charge in [-0.05, 0) is 46.7 Å². The Labute approximate surface area is 159 Å². The maximum atomic E-state index is 12.9. The van der Waals surface area contributed by atoms with Gasteiger partial charge in [0.25, 0.3) is 11.8 Å². The number of nitrogens with one attached hydrogen (secondary N) is 1. The first-order chi connectivity index (χ1) is 13.0. The van der Waals surface area contributed by atoms with Gasteiger partial charge in [0.1, 0.15) is 5.57 Å². The van der Waals surface area contributed by atoms with Crippen LogP contribution in [-0.4, -0.2) is 17.8 Å². The fraction of sp³-hybridized carbons (Fsp3) is 0. The van der Waals surface area contributed by atoms with Crippen molar-refractivity contribution in [2.24, 2.45) is 0 Å². The van der Waals surface area contributed by atoms with E-state index in [1.165, 1.54) is 6.08 Å². The quantitative estimate of drug-likeness (QED) is 0.539. The van der Waals surface area contributed by atoms with Crippen LogP contribution in [0.4, 0.5) is 10.5 Å². The minimum absolute atomic E-state index is 0.110. The summed E-state index contributed by atoms with van der Waals surface area (Å²) < 4.78 is 0. The Bertz CT molecular complexity index is 1110. The predicted octanol–water partition coefficient (Wildman–Crippen LogP) is 4.16. The van der Waals surface area contributed by atoms with Gasteiger partial charge in [0, 0.05) is 5.02 Å². The molecule has 0 saturated carbocycles. The second-order valence-corrected chi connectivity index (χ2v) is 6.44. The van der Waals surface area contributed by atoms with Crippen LogP contribution in [0.5, 0.6) is 0 Å². The van der Waals surface area contributed by atoms with Gasteiger partial charge in [-0.15, -0.1) is 0 Å². The predicted molar refractivity (Wildman–Crippen MR) is 104 cm³/mol. The zero-order chi connectivity index (χ0) is 19.0. The van der Waals surface area contributed by atoms with E-state index in [1.54, 1.807) is 24.3 Å². The van der Waals surface area contributed by atoms with Crippen molar-refractivity contribution in [2.45, 2.75) is 0 Å².